The Morgan fingerprint density at radius 2 is 2.35 bits per heavy atom. The molecule has 0 aromatic carbocycles. The van der Waals surface area contributed by atoms with Gasteiger partial charge in [0.15, 0.2) is 0 Å². The standard InChI is InChI=1S/C12H18N2O2S/c1-10(15)13-9-11(12-3-2-8-17-12)14-4-6-16-7-5-14/h2-3,8,11H,4-7,9H2,1H3,(H,13,15)/t11-/m0/s1. The lowest BCUT2D eigenvalue weighted by Gasteiger charge is -2.34. The molecule has 1 saturated heterocycles. The van der Waals surface area contributed by atoms with Crippen LogP contribution in [0.2, 0.25) is 0 Å². The number of hydrogen-bond donors (Lipinski definition) is 1. The number of carbonyl (C=O) groups is 1. The highest BCUT2D eigenvalue weighted by Gasteiger charge is 2.23. The fraction of sp³-hybridized carbons (Fsp3) is 0.583. The van der Waals surface area contributed by atoms with Crippen molar-refractivity contribution in [2.24, 2.45) is 0 Å². The molecule has 17 heavy (non-hydrogen) atoms. The molecule has 1 N–H and O–H groups in total. The summed E-state index contributed by atoms with van der Waals surface area (Å²) in [5.41, 5.74) is 0. The minimum Gasteiger partial charge on any atom is -0.379 e. The van der Waals surface area contributed by atoms with Gasteiger partial charge in [-0.2, -0.15) is 0 Å². The number of ether oxygens (including phenoxy) is 1. The van der Waals surface area contributed by atoms with E-state index in [1.54, 1.807) is 18.3 Å². The highest BCUT2D eigenvalue weighted by atomic mass is 32.1. The second kappa shape index (κ2) is 6.14. The average molecular weight is 254 g/mol. The number of rotatable bonds is 4. The van der Waals surface area contributed by atoms with Crippen molar-refractivity contribution in [3.05, 3.63) is 22.4 Å². The number of thiophene rings is 1. The van der Waals surface area contributed by atoms with E-state index < -0.39 is 0 Å². The molecule has 1 amide bonds. The van der Waals surface area contributed by atoms with E-state index in [4.69, 9.17) is 4.74 Å². The molecule has 2 heterocycles. The molecule has 1 aromatic heterocycles. The Bertz CT molecular complexity index is 347. The van der Waals surface area contributed by atoms with Gasteiger partial charge in [0.25, 0.3) is 0 Å². The summed E-state index contributed by atoms with van der Waals surface area (Å²) in [6.07, 6.45) is 0. The predicted octanol–water partition coefficient (Wildman–Crippen LogP) is 1.26. The van der Waals surface area contributed by atoms with Gasteiger partial charge in [0.2, 0.25) is 5.91 Å². The van der Waals surface area contributed by atoms with Crippen LogP contribution < -0.4 is 5.32 Å². The molecule has 1 atom stereocenters. The van der Waals surface area contributed by atoms with E-state index in [-0.39, 0.29) is 11.9 Å². The molecule has 0 radical (unpaired) electrons. The highest BCUT2D eigenvalue weighted by molar-refractivity contribution is 7.10. The van der Waals surface area contributed by atoms with E-state index in [0.29, 0.717) is 6.54 Å². The summed E-state index contributed by atoms with van der Waals surface area (Å²) in [7, 11) is 0. The van der Waals surface area contributed by atoms with Gasteiger partial charge < -0.3 is 10.1 Å². The van der Waals surface area contributed by atoms with Gasteiger partial charge in [0.05, 0.1) is 19.3 Å². The topological polar surface area (TPSA) is 41.6 Å². The zero-order valence-corrected chi connectivity index (χ0v) is 10.8. The minimum absolute atomic E-state index is 0.0276. The third-order valence-electron chi connectivity index (χ3n) is 2.90. The predicted molar refractivity (Wildman–Crippen MR) is 68.1 cm³/mol. The van der Waals surface area contributed by atoms with Crippen LogP contribution in [0.4, 0.5) is 0 Å². The first-order valence-corrected chi connectivity index (χ1v) is 6.75. The summed E-state index contributed by atoms with van der Waals surface area (Å²) in [4.78, 5) is 14.7. The normalized spacial score (nSPS) is 18.9. The lowest BCUT2D eigenvalue weighted by Crippen LogP contribution is -2.43. The van der Waals surface area contributed by atoms with E-state index in [0.717, 1.165) is 26.3 Å². The molecular formula is C12H18N2O2S. The van der Waals surface area contributed by atoms with Crippen LogP contribution in [0.25, 0.3) is 0 Å². The molecule has 0 spiro atoms. The van der Waals surface area contributed by atoms with E-state index in [2.05, 4.69) is 27.7 Å². The SMILES string of the molecule is CC(=O)NC[C@@H](c1cccs1)N1CCOCC1. The monoisotopic (exact) mass is 254 g/mol. The smallest absolute Gasteiger partial charge is 0.216 e. The first-order chi connectivity index (χ1) is 8.27. The summed E-state index contributed by atoms with van der Waals surface area (Å²) in [6, 6.07) is 4.47. The van der Waals surface area contributed by atoms with Gasteiger partial charge in [-0.25, -0.2) is 0 Å². The second-order valence-electron chi connectivity index (χ2n) is 4.12. The molecule has 0 bridgehead atoms. The zero-order valence-electron chi connectivity index (χ0n) is 10.0. The third kappa shape index (κ3) is 3.52. The molecule has 1 aliphatic heterocycles. The van der Waals surface area contributed by atoms with Gasteiger partial charge in [0, 0.05) is 31.4 Å². The van der Waals surface area contributed by atoms with Crippen molar-refractivity contribution in [3.63, 3.8) is 0 Å². The van der Waals surface area contributed by atoms with Gasteiger partial charge in [-0.1, -0.05) is 6.07 Å². The van der Waals surface area contributed by atoms with Crippen LogP contribution in [-0.2, 0) is 9.53 Å². The first kappa shape index (κ1) is 12.5. The third-order valence-corrected chi connectivity index (χ3v) is 3.88. The number of amides is 1. The Morgan fingerprint density at radius 3 is 2.94 bits per heavy atom. The molecule has 4 nitrogen and oxygen atoms in total. The van der Waals surface area contributed by atoms with Crippen LogP contribution in [-0.4, -0.2) is 43.7 Å². The van der Waals surface area contributed by atoms with Crippen LogP contribution >= 0.6 is 11.3 Å². The van der Waals surface area contributed by atoms with Crippen molar-refractivity contribution in [2.75, 3.05) is 32.8 Å². The van der Waals surface area contributed by atoms with Gasteiger partial charge >= 0.3 is 0 Å². The fourth-order valence-electron chi connectivity index (χ4n) is 2.02. The molecule has 0 saturated carbocycles. The van der Waals surface area contributed by atoms with E-state index in [1.807, 2.05) is 0 Å². The summed E-state index contributed by atoms with van der Waals surface area (Å²) in [6.45, 7) is 5.66. The largest absolute Gasteiger partial charge is 0.379 e. The first-order valence-electron chi connectivity index (χ1n) is 5.87. The van der Waals surface area contributed by atoms with Crippen LogP contribution in [0.5, 0.6) is 0 Å². The molecule has 1 aromatic rings. The molecule has 1 aliphatic rings. The van der Waals surface area contributed by atoms with Crippen molar-refractivity contribution in [1.29, 1.82) is 0 Å². The van der Waals surface area contributed by atoms with Gasteiger partial charge in [0.1, 0.15) is 0 Å². The van der Waals surface area contributed by atoms with Crippen molar-refractivity contribution in [3.8, 4) is 0 Å². The summed E-state index contributed by atoms with van der Waals surface area (Å²) in [5.74, 6) is 0.0276. The fourth-order valence-corrected chi connectivity index (χ4v) is 2.88. The number of hydrogen-bond acceptors (Lipinski definition) is 4. The zero-order chi connectivity index (χ0) is 12.1. The Kier molecular flexibility index (Phi) is 4.53. The maximum Gasteiger partial charge on any atom is 0.216 e. The van der Waals surface area contributed by atoms with Crippen LogP contribution in [0, 0.1) is 0 Å². The van der Waals surface area contributed by atoms with Gasteiger partial charge in [-0.3, -0.25) is 9.69 Å². The Hall–Kier alpha value is -0.910. The maximum atomic E-state index is 11.0. The summed E-state index contributed by atoms with van der Waals surface area (Å²) in [5, 5.41) is 5.00. The molecule has 0 aliphatic carbocycles. The van der Waals surface area contributed by atoms with Crippen LogP contribution in [0.15, 0.2) is 17.5 Å². The molecule has 2 rings (SSSR count). The summed E-state index contributed by atoms with van der Waals surface area (Å²) < 4.78 is 5.37. The summed E-state index contributed by atoms with van der Waals surface area (Å²) >= 11 is 1.74. The number of nitrogens with one attached hydrogen (secondary N) is 1. The molecular weight excluding hydrogens is 236 g/mol. The Balaban J connectivity index is 2.03. The number of carbonyl (C=O) groups excluding carboxylic acids is 1. The quantitative estimate of drug-likeness (QED) is 0.879. The number of morpholine rings is 1. The van der Waals surface area contributed by atoms with Gasteiger partial charge in [-0.05, 0) is 11.4 Å². The average Bonchev–Trinajstić information content (AvgIpc) is 2.84. The Labute approximate surface area is 106 Å². The maximum absolute atomic E-state index is 11.0. The molecule has 94 valence electrons. The molecule has 0 unspecified atom stereocenters. The molecule has 1 fully saturated rings. The lowest BCUT2D eigenvalue weighted by atomic mass is 10.2. The van der Waals surface area contributed by atoms with E-state index >= 15 is 0 Å². The van der Waals surface area contributed by atoms with E-state index in [1.165, 1.54) is 4.88 Å². The highest BCUT2D eigenvalue weighted by Crippen LogP contribution is 2.25. The van der Waals surface area contributed by atoms with Crippen LogP contribution in [0.3, 0.4) is 0 Å². The van der Waals surface area contributed by atoms with Crippen molar-refractivity contribution in [1.82, 2.24) is 10.2 Å². The van der Waals surface area contributed by atoms with E-state index in [9.17, 15) is 4.79 Å². The second-order valence-corrected chi connectivity index (χ2v) is 5.10. The van der Waals surface area contributed by atoms with Crippen molar-refractivity contribution >= 4 is 17.2 Å². The minimum atomic E-state index is 0.0276. The van der Waals surface area contributed by atoms with Crippen LogP contribution in [0.1, 0.15) is 17.8 Å². The lowest BCUT2D eigenvalue weighted by molar-refractivity contribution is -0.119. The molecule has 5 heteroatoms. The number of nitrogens with zero attached hydrogens (tertiary/aromatic N) is 1. The van der Waals surface area contributed by atoms with Gasteiger partial charge in [-0.15, -0.1) is 11.3 Å². The van der Waals surface area contributed by atoms with Crippen molar-refractivity contribution in [2.45, 2.75) is 13.0 Å². The van der Waals surface area contributed by atoms with Crippen molar-refractivity contribution < 1.29 is 9.53 Å². The Morgan fingerprint density at radius 1 is 1.59 bits per heavy atom.